The van der Waals surface area contributed by atoms with Crippen LogP contribution < -0.4 is 14.4 Å². The number of ether oxygens (including phenoxy) is 3. The molecule has 0 spiro atoms. The molecule has 9 nitrogen and oxygen atoms in total. The lowest BCUT2D eigenvalue weighted by atomic mass is 9.95. The van der Waals surface area contributed by atoms with E-state index in [2.05, 4.69) is 21.8 Å². The standard InChI is InChI=1S/C36H41F2N5O4/c1-4-23-6-5-7-24-14-25(47-21-45-3)15-26(30(23)24)32-31(38)33-27(17-39-32)34(42(2)29-16-28(29)37)41-35(40-33)46-20-36(10-11-36)19-43-12-8-22(18-44)9-13-43/h5-7,14-15,17-18,22,28-29H,4,8-13,16,19-21H2,1-3H3/t28-,29?/m1/s1. The van der Waals surface area contributed by atoms with E-state index in [9.17, 15) is 9.18 Å². The van der Waals surface area contributed by atoms with Crippen molar-refractivity contribution in [1.29, 1.82) is 0 Å². The summed E-state index contributed by atoms with van der Waals surface area (Å²) in [6, 6.07) is 9.40. The van der Waals surface area contributed by atoms with Crippen LogP contribution in [0.5, 0.6) is 11.8 Å². The number of rotatable bonds is 13. The minimum absolute atomic E-state index is 0.0288. The molecule has 3 heterocycles. The first-order valence-corrected chi connectivity index (χ1v) is 16.5. The van der Waals surface area contributed by atoms with Gasteiger partial charge in [0.05, 0.1) is 18.0 Å². The average molecular weight is 646 g/mol. The Labute approximate surface area is 273 Å². The summed E-state index contributed by atoms with van der Waals surface area (Å²) in [5.41, 5.74) is 1.82. The second kappa shape index (κ2) is 12.9. The quantitative estimate of drug-likeness (QED) is 0.126. The predicted molar refractivity (Wildman–Crippen MR) is 176 cm³/mol. The molecule has 2 saturated carbocycles. The highest BCUT2D eigenvalue weighted by atomic mass is 19.1. The Hall–Kier alpha value is -3.96. The van der Waals surface area contributed by atoms with Crippen molar-refractivity contribution in [2.75, 3.05) is 52.1 Å². The number of nitrogens with zero attached hydrogens (tertiary/aromatic N) is 5. The van der Waals surface area contributed by atoms with Crippen molar-refractivity contribution < 1.29 is 27.8 Å². The van der Waals surface area contributed by atoms with Crippen LogP contribution >= 0.6 is 0 Å². The molecular formula is C36H41F2N5O4. The number of hydrogen-bond acceptors (Lipinski definition) is 9. The molecule has 3 aliphatic rings. The summed E-state index contributed by atoms with van der Waals surface area (Å²) < 4.78 is 48.3. The van der Waals surface area contributed by atoms with E-state index in [-0.39, 0.29) is 41.4 Å². The summed E-state index contributed by atoms with van der Waals surface area (Å²) in [7, 11) is 3.32. The summed E-state index contributed by atoms with van der Waals surface area (Å²) in [6.07, 6.45) is 6.60. The van der Waals surface area contributed by atoms with Crippen LogP contribution in [0.2, 0.25) is 0 Å². The molecule has 1 aliphatic heterocycles. The van der Waals surface area contributed by atoms with Crippen LogP contribution in [-0.4, -0.2) is 85.5 Å². The molecule has 3 fully saturated rings. The van der Waals surface area contributed by atoms with E-state index < -0.39 is 12.0 Å². The number of halogens is 2. The maximum atomic E-state index is 16.9. The summed E-state index contributed by atoms with van der Waals surface area (Å²) in [5.74, 6) is 0.469. The lowest BCUT2D eigenvalue weighted by Crippen LogP contribution is -2.39. The summed E-state index contributed by atoms with van der Waals surface area (Å²) >= 11 is 0. The van der Waals surface area contributed by atoms with Crippen molar-refractivity contribution >= 4 is 33.8 Å². The van der Waals surface area contributed by atoms with Gasteiger partial charge in [0, 0.05) is 50.2 Å². The topological polar surface area (TPSA) is 89.9 Å². The smallest absolute Gasteiger partial charge is 0.319 e. The number of pyridine rings is 1. The lowest BCUT2D eigenvalue weighted by Gasteiger charge is -2.32. The molecule has 0 bridgehead atoms. The van der Waals surface area contributed by atoms with E-state index in [0.717, 1.165) is 74.4 Å². The molecule has 1 saturated heterocycles. The number of aldehydes is 1. The summed E-state index contributed by atoms with van der Waals surface area (Å²) in [5, 5.41) is 2.18. The summed E-state index contributed by atoms with van der Waals surface area (Å²) in [6.45, 7) is 5.17. The van der Waals surface area contributed by atoms with Crippen LogP contribution in [0.25, 0.3) is 32.9 Å². The van der Waals surface area contributed by atoms with Crippen molar-refractivity contribution in [3.8, 4) is 23.0 Å². The van der Waals surface area contributed by atoms with E-state index in [1.165, 1.54) is 0 Å². The van der Waals surface area contributed by atoms with Gasteiger partial charge in [0.2, 0.25) is 0 Å². The Bertz CT molecular complexity index is 1790. The molecule has 7 rings (SSSR count). The van der Waals surface area contributed by atoms with Gasteiger partial charge in [0.1, 0.15) is 35.2 Å². The molecule has 2 aromatic carbocycles. The van der Waals surface area contributed by atoms with E-state index in [0.29, 0.717) is 35.5 Å². The van der Waals surface area contributed by atoms with Gasteiger partial charge in [-0.1, -0.05) is 25.1 Å². The number of likely N-dealkylation sites (tertiary alicyclic amines) is 1. The van der Waals surface area contributed by atoms with Gasteiger partial charge >= 0.3 is 6.01 Å². The number of piperidine rings is 1. The number of carbonyl (C=O) groups excluding carboxylic acids is 1. The monoisotopic (exact) mass is 645 g/mol. The minimum Gasteiger partial charge on any atom is -0.468 e. The number of aromatic nitrogens is 3. The molecule has 2 aromatic heterocycles. The molecule has 47 heavy (non-hydrogen) atoms. The van der Waals surface area contributed by atoms with Crippen molar-refractivity contribution in [1.82, 2.24) is 19.9 Å². The Kier molecular flexibility index (Phi) is 8.69. The zero-order valence-electron chi connectivity index (χ0n) is 27.2. The first-order chi connectivity index (χ1) is 22.8. The molecule has 0 amide bonds. The zero-order valence-corrected chi connectivity index (χ0v) is 27.2. The van der Waals surface area contributed by atoms with E-state index in [1.807, 2.05) is 24.3 Å². The fourth-order valence-corrected chi connectivity index (χ4v) is 6.89. The SMILES string of the molecule is CCc1cccc2cc(OCOC)cc(-c3ncc4c(N(C)C5C[C@H]5F)nc(OCC5(CN6CCC(C=O)CC6)CC5)nc4c3F)c12. The number of methoxy groups -OCH3 is 1. The number of fused-ring (bicyclic) bond motifs is 2. The van der Waals surface area contributed by atoms with Gasteiger partial charge in [-0.3, -0.25) is 4.98 Å². The van der Waals surface area contributed by atoms with Gasteiger partial charge in [-0.05, 0) is 73.7 Å². The number of aryl methyl sites for hydroxylation is 1. The highest BCUT2D eigenvalue weighted by Crippen LogP contribution is 2.47. The minimum atomic E-state index is -0.974. The van der Waals surface area contributed by atoms with Gasteiger partial charge in [0.25, 0.3) is 0 Å². The Morgan fingerprint density at radius 3 is 2.62 bits per heavy atom. The van der Waals surface area contributed by atoms with Gasteiger partial charge in [-0.2, -0.15) is 9.97 Å². The lowest BCUT2D eigenvalue weighted by molar-refractivity contribution is -0.112. The molecular weight excluding hydrogens is 604 g/mol. The molecule has 2 atom stereocenters. The zero-order chi connectivity index (χ0) is 32.7. The van der Waals surface area contributed by atoms with Crippen molar-refractivity contribution in [2.24, 2.45) is 11.3 Å². The largest absolute Gasteiger partial charge is 0.468 e. The van der Waals surface area contributed by atoms with Crippen LogP contribution in [0.4, 0.5) is 14.6 Å². The van der Waals surface area contributed by atoms with Crippen LogP contribution in [0.3, 0.4) is 0 Å². The number of anilines is 1. The Morgan fingerprint density at radius 1 is 1.15 bits per heavy atom. The van der Waals surface area contributed by atoms with Gasteiger partial charge in [0.15, 0.2) is 12.6 Å². The van der Waals surface area contributed by atoms with Crippen LogP contribution in [-0.2, 0) is 16.0 Å². The second-order valence-electron chi connectivity index (χ2n) is 13.4. The maximum Gasteiger partial charge on any atom is 0.319 e. The van der Waals surface area contributed by atoms with E-state index in [4.69, 9.17) is 19.2 Å². The Morgan fingerprint density at radius 2 is 1.94 bits per heavy atom. The van der Waals surface area contributed by atoms with Gasteiger partial charge in [-0.15, -0.1) is 0 Å². The van der Waals surface area contributed by atoms with Crippen LogP contribution in [0.1, 0.15) is 44.6 Å². The molecule has 0 N–H and O–H groups in total. The fourth-order valence-electron chi connectivity index (χ4n) is 6.89. The number of hydrogen-bond donors (Lipinski definition) is 0. The number of alkyl halides is 1. The third-order valence-electron chi connectivity index (χ3n) is 10.0. The van der Waals surface area contributed by atoms with Crippen molar-refractivity contribution in [3.05, 3.63) is 47.9 Å². The molecule has 2 aliphatic carbocycles. The number of carbonyl (C=O) groups is 1. The van der Waals surface area contributed by atoms with Crippen LogP contribution in [0.15, 0.2) is 36.5 Å². The normalized spacial score (nSPS) is 20.8. The van der Waals surface area contributed by atoms with Gasteiger partial charge < -0.3 is 28.8 Å². The second-order valence-corrected chi connectivity index (χ2v) is 13.4. The number of benzene rings is 2. The molecule has 248 valence electrons. The third-order valence-corrected chi connectivity index (χ3v) is 10.0. The van der Waals surface area contributed by atoms with Crippen LogP contribution in [0, 0.1) is 17.2 Å². The predicted octanol–water partition coefficient (Wildman–Crippen LogP) is 6.15. The van der Waals surface area contributed by atoms with Gasteiger partial charge in [-0.25, -0.2) is 8.78 Å². The first-order valence-electron chi connectivity index (χ1n) is 16.5. The fraction of sp³-hybridized carbons (Fsp3) is 0.500. The third kappa shape index (κ3) is 6.35. The molecule has 1 unspecified atom stereocenters. The van der Waals surface area contributed by atoms with E-state index >= 15 is 4.39 Å². The maximum absolute atomic E-state index is 16.9. The van der Waals surface area contributed by atoms with Crippen molar-refractivity contribution in [2.45, 2.75) is 57.7 Å². The molecule has 4 aromatic rings. The Balaban J connectivity index is 1.26. The molecule has 0 radical (unpaired) electrons. The summed E-state index contributed by atoms with van der Waals surface area (Å²) in [4.78, 5) is 29.3. The molecule has 11 heteroatoms. The highest BCUT2D eigenvalue weighted by Gasteiger charge is 2.46. The average Bonchev–Trinajstić information content (AvgIpc) is 4.03. The van der Waals surface area contributed by atoms with Crippen molar-refractivity contribution in [3.63, 3.8) is 0 Å². The first kappa shape index (κ1) is 31.6. The highest BCUT2D eigenvalue weighted by molar-refractivity contribution is 6.01. The van der Waals surface area contributed by atoms with E-state index in [1.54, 1.807) is 31.3 Å².